The van der Waals surface area contributed by atoms with Gasteiger partial charge < -0.3 is 16.0 Å². The highest BCUT2D eigenvalue weighted by Crippen LogP contribution is 2.26. The van der Waals surface area contributed by atoms with Crippen LogP contribution < -0.4 is 11.1 Å². The van der Waals surface area contributed by atoms with E-state index in [0.29, 0.717) is 37.3 Å². The van der Waals surface area contributed by atoms with E-state index in [2.05, 4.69) is 9.71 Å². The quantitative estimate of drug-likeness (QED) is 0.759. The number of sulfonamides is 1. The molecule has 0 radical (unpaired) electrons. The fraction of sp³-hybridized carbons (Fsp3) is 0.500. The van der Waals surface area contributed by atoms with E-state index in [-0.39, 0.29) is 23.2 Å². The van der Waals surface area contributed by atoms with Crippen LogP contribution in [0, 0.1) is 0 Å². The maximum absolute atomic E-state index is 12.0. The molecule has 25 heavy (non-hydrogen) atoms. The number of nitrogens with one attached hydrogen (secondary N) is 1. The average molecular weight is 389 g/mol. The molecular formula is C16H25ClN4O3S. The van der Waals surface area contributed by atoms with Gasteiger partial charge in [-0.3, -0.25) is 4.79 Å². The van der Waals surface area contributed by atoms with Gasteiger partial charge in [0.1, 0.15) is 10.7 Å². The summed E-state index contributed by atoms with van der Waals surface area (Å²) in [5.74, 6) is 0.359. The molecule has 0 saturated heterocycles. The van der Waals surface area contributed by atoms with E-state index in [4.69, 9.17) is 5.73 Å². The summed E-state index contributed by atoms with van der Waals surface area (Å²) in [6, 6.07) is 6.76. The average Bonchev–Trinajstić information content (AvgIpc) is 2.77. The van der Waals surface area contributed by atoms with Gasteiger partial charge in [-0.05, 0) is 32.4 Å². The summed E-state index contributed by atoms with van der Waals surface area (Å²) >= 11 is 0. The van der Waals surface area contributed by atoms with Gasteiger partial charge in [0.05, 0.1) is 0 Å². The number of hydrogen-bond donors (Lipinski definition) is 2. The number of nitrogens with zero attached hydrogens (tertiary/aromatic N) is 2. The summed E-state index contributed by atoms with van der Waals surface area (Å²) in [5, 5.41) is 2.79. The van der Waals surface area contributed by atoms with E-state index in [1.807, 2.05) is 13.8 Å². The lowest BCUT2D eigenvalue weighted by molar-refractivity contribution is -0.121. The van der Waals surface area contributed by atoms with Gasteiger partial charge in [0, 0.05) is 37.7 Å². The van der Waals surface area contributed by atoms with Crippen LogP contribution >= 0.6 is 12.4 Å². The fourth-order valence-corrected chi connectivity index (χ4v) is 3.61. The van der Waals surface area contributed by atoms with Gasteiger partial charge in [0.15, 0.2) is 0 Å². The maximum Gasteiger partial charge on any atom is 0.285 e. The van der Waals surface area contributed by atoms with Crippen molar-refractivity contribution in [2.24, 2.45) is 10.1 Å². The predicted octanol–water partition coefficient (Wildman–Crippen LogP) is 1.12. The minimum Gasteiger partial charge on any atom is -0.358 e. The van der Waals surface area contributed by atoms with E-state index in [1.165, 1.54) is 0 Å². The highest BCUT2D eigenvalue weighted by Gasteiger charge is 2.30. The molecule has 0 saturated carbocycles. The van der Waals surface area contributed by atoms with Crippen molar-refractivity contribution in [3.63, 3.8) is 0 Å². The molecule has 0 spiro atoms. The zero-order valence-electron chi connectivity index (χ0n) is 14.7. The first-order chi connectivity index (χ1) is 11.1. The van der Waals surface area contributed by atoms with Crippen LogP contribution in [0.2, 0.25) is 0 Å². The highest BCUT2D eigenvalue weighted by molar-refractivity contribution is 7.90. The Morgan fingerprint density at radius 3 is 2.60 bits per heavy atom. The van der Waals surface area contributed by atoms with E-state index >= 15 is 0 Å². The zero-order chi connectivity index (χ0) is 18.0. The third-order valence-electron chi connectivity index (χ3n) is 3.61. The zero-order valence-corrected chi connectivity index (χ0v) is 16.3. The summed E-state index contributed by atoms with van der Waals surface area (Å²) in [6.45, 7) is 4.64. The topological polar surface area (TPSA) is 105 Å². The largest absolute Gasteiger partial charge is 0.358 e. The van der Waals surface area contributed by atoms with Crippen LogP contribution in [-0.4, -0.2) is 50.7 Å². The second-order valence-corrected chi connectivity index (χ2v) is 8.25. The van der Waals surface area contributed by atoms with Gasteiger partial charge in [-0.15, -0.1) is 16.8 Å². The molecule has 3 N–H and O–H groups in total. The third-order valence-corrected chi connectivity index (χ3v) is 4.94. The molecule has 1 aliphatic heterocycles. The highest BCUT2D eigenvalue weighted by atomic mass is 35.5. The Balaban J connectivity index is 0.00000312. The SMILES string of the molecule is CN(CCCC(=O)NCC(C)(C)N)C1=NS(=O)(=O)c2ccccc21.Cl. The first kappa shape index (κ1) is 21.4. The van der Waals surface area contributed by atoms with Crippen molar-refractivity contribution >= 4 is 34.2 Å². The van der Waals surface area contributed by atoms with E-state index < -0.39 is 15.6 Å². The molecular weight excluding hydrogens is 364 g/mol. The number of nitrogens with two attached hydrogens (primary N) is 1. The van der Waals surface area contributed by atoms with Crippen LogP contribution in [0.15, 0.2) is 33.6 Å². The molecule has 0 aromatic heterocycles. The molecule has 1 aromatic carbocycles. The van der Waals surface area contributed by atoms with Crippen molar-refractivity contribution < 1.29 is 13.2 Å². The first-order valence-corrected chi connectivity index (χ1v) is 9.25. The second-order valence-electron chi connectivity index (χ2n) is 6.68. The van der Waals surface area contributed by atoms with Gasteiger partial charge in [0.2, 0.25) is 5.91 Å². The second kappa shape index (κ2) is 8.16. The Bertz CT molecular complexity index is 757. The molecule has 0 unspecified atom stereocenters. The van der Waals surface area contributed by atoms with Crippen molar-refractivity contribution in [3.8, 4) is 0 Å². The lowest BCUT2D eigenvalue weighted by atomic mass is 10.1. The number of rotatable bonds is 6. The molecule has 140 valence electrons. The van der Waals surface area contributed by atoms with Crippen LogP contribution in [0.25, 0.3) is 0 Å². The van der Waals surface area contributed by atoms with Crippen LogP contribution in [0.3, 0.4) is 0 Å². The van der Waals surface area contributed by atoms with E-state index in [1.54, 1.807) is 36.2 Å². The van der Waals surface area contributed by atoms with Crippen LogP contribution in [-0.2, 0) is 14.8 Å². The number of carbonyl (C=O) groups is 1. The van der Waals surface area contributed by atoms with Crippen LogP contribution in [0.4, 0.5) is 0 Å². The number of carbonyl (C=O) groups excluding carboxylic acids is 1. The lowest BCUT2D eigenvalue weighted by Gasteiger charge is -2.20. The van der Waals surface area contributed by atoms with Crippen molar-refractivity contribution in [3.05, 3.63) is 29.8 Å². The first-order valence-electron chi connectivity index (χ1n) is 7.81. The molecule has 0 bridgehead atoms. The van der Waals surface area contributed by atoms with Gasteiger partial charge in [-0.1, -0.05) is 12.1 Å². The molecule has 0 atom stereocenters. The van der Waals surface area contributed by atoms with Gasteiger partial charge in [0.25, 0.3) is 10.0 Å². The monoisotopic (exact) mass is 388 g/mol. The summed E-state index contributed by atoms with van der Waals surface area (Å²) < 4.78 is 27.9. The number of benzene rings is 1. The number of amidine groups is 1. The molecule has 1 aliphatic rings. The summed E-state index contributed by atoms with van der Waals surface area (Å²) in [6.07, 6.45) is 0.941. The Morgan fingerprint density at radius 2 is 1.96 bits per heavy atom. The van der Waals surface area contributed by atoms with Crippen LogP contribution in [0.1, 0.15) is 32.3 Å². The molecule has 1 aromatic rings. The molecule has 9 heteroatoms. The number of hydrogen-bond acceptors (Lipinski definition) is 5. The molecule has 0 fully saturated rings. The smallest absolute Gasteiger partial charge is 0.285 e. The minimum absolute atomic E-state index is 0. The van der Waals surface area contributed by atoms with Crippen molar-refractivity contribution in [2.75, 3.05) is 20.1 Å². The van der Waals surface area contributed by atoms with E-state index in [9.17, 15) is 13.2 Å². The summed E-state index contributed by atoms with van der Waals surface area (Å²) in [5.41, 5.74) is 5.98. The Kier molecular flexibility index (Phi) is 6.99. The molecule has 7 nitrogen and oxygen atoms in total. The minimum atomic E-state index is -3.61. The molecule has 0 aliphatic carbocycles. The van der Waals surface area contributed by atoms with Gasteiger partial charge in [-0.2, -0.15) is 8.42 Å². The van der Waals surface area contributed by atoms with Crippen molar-refractivity contribution in [1.82, 2.24) is 10.2 Å². The van der Waals surface area contributed by atoms with E-state index in [0.717, 1.165) is 0 Å². The van der Waals surface area contributed by atoms with Gasteiger partial charge >= 0.3 is 0 Å². The molecule has 2 rings (SSSR count). The normalized spacial score (nSPS) is 15.0. The third kappa shape index (κ3) is 5.69. The predicted molar refractivity (Wildman–Crippen MR) is 101 cm³/mol. The van der Waals surface area contributed by atoms with Crippen molar-refractivity contribution in [2.45, 2.75) is 37.1 Å². The maximum atomic E-state index is 12.0. The van der Waals surface area contributed by atoms with Crippen molar-refractivity contribution in [1.29, 1.82) is 0 Å². The van der Waals surface area contributed by atoms with Crippen LogP contribution in [0.5, 0.6) is 0 Å². The fourth-order valence-electron chi connectivity index (χ4n) is 2.36. The molecule has 1 heterocycles. The van der Waals surface area contributed by atoms with Gasteiger partial charge in [-0.25, -0.2) is 0 Å². The number of halogens is 1. The standard InChI is InChI=1S/C16H24N4O3S.ClH/c1-16(2,17)11-18-14(21)9-6-10-20(3)15-12-7-4-5-8-13(12)24(22,23)19-15;/h4-5,7-8H,6,9-11,17H2,1-3H3,(H,18,21);1H. The molecule has 1 amide bonds. The Labute approximate surface area is 155 Å². The number of amides is 1. The number of fused-ring (bicyclic) bond motifs is 1. The lowest BCUT2D eigenvalue weighted by Crippen LogP contribution is -2.45. The Hall–Kier alpha value is -1.64. The summed E-state index contributed by atoms with van der Waals surface area (Å²) in [4.78, 5) is 13.8. The summed E-state index contributed by atoms with van der Waals surface area (Å²) in [7, 11) is -1.84. The Morgan fingerprint density at radius 1 is 1.32 bits per heavy atom.